The Kier molecular flexibility index (Phi) is 4.50. The summed E-state index contributed by atoms with van der Waals surface area (Å²) < 4.78 is 0.497. The molecule has 1 aromatic rings. The van der Waals surface area contributed by atoms with Gasteiger partial charge < -0.3 is 9.80 Å². The lowest BCUT2D eigenvalue weighted by Crippen LogP contribution is -2.52. The summed E-state index contributed by atoms with van der Waals surface area (Å²) in [5.74, 6) is 1.12. The van der Waals surface area contributed by atoms with E-state index in [1.807, 2.05) is 30.9 Å². The quantitative estimate of drug-likeness (QED) is 0.728. The normalized spacial score (nSPS) is 16.6. The van der Waals surface area contributed by atoms with Crippen molar-refractivity contribution in [2.75, 3.05) is 31.1 Å². The molecule has 0 atom stereocenters. The summed E-state index contributed by atoms with van der Waals surface area (Å²) in [6.45, 7) is 6.90. The molecule has 104 valence electrons. The zero-order chi connectivity index (χ0) is 14.0. The largest absolute Gasteiger partial charge is 0.353 e. The number of amides is 1. The van der Waals surface area contributed by atoms with Crippen LogP contribution in [0.25, 0.3) is 0 Å². The number of rotatable bonds is 2. The fourth-order valence-electron chi connectivity index (χ4n) is 2.07. The van der Waals surface area contributed by atoms with Crippen molar-refractivity contribution < 1.29 is 4.79 Å². The Morgan fingerprint density at radius 3 is 2.37 bits per heavy atom. The summed E-state index contributed by atoms with van der Waals surface area (Å²) in [6.07, 6.45) is 1.80. The molecule has 0 aromatic carbocycles. The van der Waals surface area contributed by atoms with Crippen LogP contribution >= 0.6 is 31.9 Å². The van der Waals surface area contributed by atoms with Crippen molar-refractivity contribution in [3.63, 3.8) is 0 Å². The van der Waals surface area contributed by atoms with E-state index in [9.17, 15) is 4.79 Å². The number of anilines is 1. The molecule has 1 amide bonds. The first-order chi connectivity index (χ1) is 8.88. The molecule has 0 radical (unpaired) electrons. The number of pyridine rings is 1. The highest BCUT2D eigenvalue weighted by Gasteiger charge is 2.31. The van der Waals surface area contributed by atoms with E-state index >= 15 is 0 Å². The number of nitrogens with zero attached hydrogens (tertiary/aromatic N) is 3. The molecule has 1 aliphatic heterocycles. The maximum Gasteiger partial charge on any atom is 0.239 e. The second kappa shape index (κ2) is 5.79. The van der Waals surface area contributed by atoms with Crippen LogP contribution in [0.2, 0.25) is 0 Å². The minimum absolute atomic E-state index is 0.149. The van der Waals surface area contributed by atoms with Gasteiger partial charge in [0.15, 0.2) is 0 Å². The molecule has 2 heterocycles. The Hall–Kier alpha value is -0.620. The molecule has 6 heteroatoms. The number of hydrogen-bond acceptors (Lipinski definition) is 3. The van der Waals surface area contributed by atoms with E-state index in [0.717, 1.165) is 36.5 Å². The van der Waals surface area contributed by atoms with E-state index in [2.05, 4.69) is 41.7 Å². The topological polar surface area (TPSA) is 36.4 Å². The number of aromatic nitrogens is 1. The summed E-state index contributed by atoms with van der Waals surface area (Å²) >= 11 is 6.81. The summed E-state index contributed by atoms with van der Waals surface area (Å²) in [5.41, 5.74) is 0. The second-order valence-corrected chi connectivity index (χ2v) is 7.98. The van der Waals surface area contributed by atoms with Gasteiger partial charge in [-0.25, -0.2) is 4.98 Å². The van der Waals surface area contributed by atoms with E-state index in [1.165, 1.54) is 0 Å². The number of carbonyl (C=O) groups is 1. The summed E-state index contributed by atoms with van der Waals surface area (Å²) in [6, 6.07) is 3.98. The van der Waals surface area contributed by atoms with Crippen molar-refractivity contribution in [1.29, 1.82) is 0 Å². The van der Waals surface area contributed by atoms with Gasteiger partial charge in [0.2, 0.25) is 5.91 Å². The SMILES string of the molecule is CC(C)(Br)C(=O)N1CCN(c2ccc(Br)cn2)CC1. The first-order valence-electron chi connectivity index (χ1n) is 6.23. The third-order valence-electron chi connectivity index (χ3n) is 3.11. The zero-order valence-corrected chi connectivity index (χ0v) is 14.2. The van der Waals surface area contributed by atoms with Crippen LogP contribution in [-0.4, -0.2) is 46.3 Å². The Labute approximate surface area is 130 Å². The molecule has 0 bridgehead atoms. The molecule has 0 saturated carbocycles. The van der Waals surface area contributed by atoms with Crippen LogP contribution in [-0.2, 0) is 4.79 Å². The Morgan fingerprint density at radius 2 is 1.89 bits per heavy atom. The molecule has 1 aromatic heterocycles. The lowest BCUT2D eigenvalue weighted by atomic mass is 10.1. The molecule has 0 aliphatic carbocycles. The smallest absolute Gasteiger partial charge is 0.239 e. The Morgan fingerprint density at radius 1 is 1.26 bits per heavy atom. The summed E-state index contributed by atoms with van der Waals surface area (Å²) in [7, 11) is 0. The minimum Gasteiger partial charge on any atom is -0.353 e. The molecule has 19 heavy (non-hydrogen) atoms. The molecular formula is C13H17Br2N3O. The summed E-state index contributed by atoms with van der Waals surface area (Å²) in [4.78, 5) is 20.6. The van der Waals surface area contributed by atoms with E-state index < -0.39 is 4.32 Å². The fourth-order valence-corrected chi connectivity index (χ4v) is 2.56. The van der Waals surface area contributed by atoms with Crippen LogP contribution < -0.4 is 4.90 Å². The molecule has 1 aliphatic rings. The Bertz CT molecular complexity index is 448. The molecule has 2 rings (SSSR count). The predicted octanol–water partition coefficient (Wildman–Crippen LogP) is 2.67. The molecule has 1 saturated heterocycles. The molecule has 0 N–H and O–H groups in total. The lowest BCUT2D eigenvalue weighted by molar-refractivity contribution is -0.133. The third kappa shape index (κ3) is 3.69. The number of halogens is 2. The number of alkyl halides is 1. The number of piperazine rings is 1. The van der Waals surface area contributed by atoms with Gasteiger partial charge in [-0.3, -0.25) is 4.79 Å². The van der Waals surface area contributed by atoms with Gasteiger partial charge in [0.25, 0.3) is 0 Å². The maximum absolute atomic E-state index is 12.1. The van der Waals surface area contributed by atoms with E-state index in [1.54, 1.807) is 6.20 Å². The van der Waals surface area contributed by atoms with Gasteiger partial charge in [0, 0.05) is 36.8 Å². The van der Waals surface area contributed by atoms with Gasteiger partial charge in [-0.05, 0) is 41.9 Å². The first kappa shape index (κ1) is 14.8. The van der Waals surface area contributed by atoms with E-state index in [-0.39, 0.29) is 5.91 Å². The zero-order valence-electron chi connectivity index (χ0n) is 11.1. The molecule has 1 fully saturated rings. The van der Waals surface area contributed by atoms with Crippen molar-refractivity contribution >= 4 is 43.6 Å². The summed E-state index contributed by atoms with van der Waals surface area (Å²) in [5, 5.41) is 0. The highest BCUT2D eigenvalue weighted by molar-refractivity contribution is 9.10. The standard InChI is InChI=1S/C13H17Br2N3O/c1-13(2,15)12(19)18-7-5-17(6-8-18)11-4-3-10(14)9-16-11/h3-4,9H,5-8H2,1-2H3. The van der Waals surface area contributed by atoms with Crippen molar-refractivity contribution in [2.24, 2.45) is 0 Å². The van der Waals surface area contributed by atoms with Crippen LogP contribution in [0.4, 0.5) is 5.82 Å². The van der Waals surface area contributed by atoms with Gasteiger partial charge in [0.05, 0.1) is 4.32 Å². The van der Waals surface area contributed by atoms with Gasteiger partial charge in [0.1, 0.15) is 5.82 Å². The van der Waals surface area contributed by atoms with Crippen LogP contribution in [0.5, 0.6) is 0 Å². The van der Waals surface area contributed by atoms with Crippen LogP contribution in [0, 0.1) is 0 Å². The van der Waals surface area contributed by atoms with Crippen molar-refractivity contribution in [3.8, 4) is 0 Å². The third-order valence-corrected chi connectivity index (χ3v) is 3.92. The van der Waals surface area contributed by atoms with E-state index in [4.69, 9.17) is 0 Å². The molecule has 0 spiro atoms. The van der Waals surface area contributed by atoms with Gasteiger partial charge in [-0.2, -0.15) is 0 Å². The monoisotopic (exact) mass is 389 g/mol. The fraction of sp³-hybridized carbons (Fsp3) is 0.538. The van der Waals surface area contributed by atoms with Crippen molar-refractivity contribution in [2.45, 2.75) is 18.2 Å². The molecule has 4 nitrogen and oxygen atoms in total. The Balaban J connectivity index is 1.96. The predicted molar refractivity (Wildman–Crippen MR) is 83.7 cm³/mol. The average Bonchev–Trinajstić information content (AvgIpc) is 2.38. The second-order valence-electron chi connectivity index (χ2n) is 5.09. The van der Waals surface area contributed by atoms with Gasteiger partial charge in [-0.15, -0.1) is 0 Å². The molecule has 0 unspecified atom stereocenters. The first-order valence-corrected chi connectivity index (χ1v) is 7.81. The van der Waals surface area contributed by atoms with Gasteiger partial charge >= 0.3 is 0 Å². The highest BCUT2D eigenvalue weighted by Crippen LogP contribution is 2.22. The van der Waals surface area contributed by atoms with Crippen molar-refractivity contribution in [1.82, 2.24) is 9.88 Å². The lowest BCUT2D eigenvalue weighted by Gasteiger charge is -2.37. The van der Waals surface area contributed by atoms with Crippen LogP contribution in [0.15, 0.2) is 22.8 Å². The van der Waals surface area contributed by atoms with Crippen LogP contribution in [0.1, 0.15) is 13.8 Å². The highest BCUT2D eigenvalue weighted by atomic mass is 79.9. The van der Waals surface area contributed by atoms with Gasteiger partial charge in [-0.1, -0.05) is 15.9 Å². The van der Waals surface area contributed by atoms with Crippen LogP contribution in [0.3, 0.4) is 0 Å². The van der Waals surface area contributed by atoms with Crippen molar-refractivity contribution in [3.05, 3.63) is 22.8 Å². The van der Waals surface area contributed by atoms with E-state index in [0.29, 0.717) is 0 Å². The number of carbonyl (C=O) groups excluding carboxylic acids is 1. The maximum atomic E-state index is 12.1. The average molecular weight is 391 g/mol. The number of hydrogen-bond donors (Lipinski definition) is 0. The minimum atomic E-state index is -0.481. The molecular weight excluding hydrogens is 374 g/mol.